The van der Waals surface area contributed by atoms with E-state index in [0.717, 1.165) is 0 Å². The van der Waals surface area contributed by atoms with Crippen molar-refractivity contribution in [2.24, 2.45) is 5.73 Å². The van der Waals surface area contributed by atoms with Crippen LogP contribution in [0.1, 0.15) is 24.1 Å². The van der Waals surface area contributed by atoms with Gasteiger partial charge in [0, 0.05) is 11.3 Å². The van der Waals surface area contributed by atoms with Crippen LogP contribution in [-0.4, -0.2) is 21.1 Å². The molecule has 0 aliphatic heterocycles. The molecule has 2 N–H and O–H groups in total. The zero-order valence-corrected chi connectivity index (χ0v) is 6.71. The van der Waals surface area contributed by atoms with Gasteiger partial charge in [-0.05, 0) is 0 Å². The normalized spacial score (nSPS) is 25.9. The van der Waals surface area contributed by atoms with Gasteiger partial charge in [0.1, 0.15) is 5.92 Å². The third kappa shape index (κ3) is 1.37. The van der Waals surface area contributed by atoms with Crippen LogP contribution in [0.2, 0.25) is 0 Å². The fraction of sp³-hybridized carbons (Fsp3) is 0.667. The zero-order valence-electron chi connectivity index (χ0n) is 6.71. The van der Waals surface area contributed by atoms with E-state index in [9.17, 15) is 10.1 Å². The van der Waals surface area contributed by atoms with E-state index < -0.39 is 6.04 Å². The average Bonchev–Trinajstić information content (AvgIpc) is 2.78. The summed E-state index contributed by atoms with van der Waals surface area (Å²) in [4.78, 5) is 13.9. The van der Waals surface area contributed by atoms with E-state index >= 15 is 0 Å². The van der Waals surface area contributed by atoms with Gasteiger partial charge in [0.15, 0.2) is 5.82 Å². The minimum absolute atomic E-state index is 0.194. The Morgan fingerprint density at radius 3 is 3.00 bits per heavy atom. The average molecular weight is 184 g/mol. The van der Waals surface area contributed by atoms with Crippen LogP contribution in [0.15, 0.2) is 4.52 Å². The summed E-state index contributed by atoms with van der Waals surface area (Å²) >= 11 is 0. The lowest BCUT2D eigenvalue weighted by Crippen LogP contribution is -2.03. The van der Waals surface area contributed by atoms with Crippen LogP contribution in [0.4, 0.5) is 0 Å². The van der Waals surface area contributed by atoms with Crippen molar-refractivity contribution < 1.29 is 9.45 Å². The van der Waals surface area contributed by atoms with Crippen molar-refractivity contribution >= 4 is 0 Å². The molecule has 7 heteroatoms. The minimum Gasteiger partial charge on any atom is -0.339 e. The van der Waals surface area contributed by atoms with Gasteiger partial charge in [-0.1, -0.05) is 5.16 Å². The molecule has 70 valence electrons. The summed E-state index contributed by atoms with van der Waals surface area (Å²) in [5, 5.41) is 13.9. The SMILES string of the molecule is NCc1noc([C@H]2C[C@@H]2[N+](=O)[O-])n1. The van der Waals surface area contributed by atoms with Crippen molar-refractivity contribution in [1.29, 1.82) is 0 Å². The van der Waals surface area contributed by atoms with Crippen molar-refractivity contribution in [3.63, 3.8) is 0 Å². The van der Waals surface area contributed by atoms with Crippen LogP contribution in [0.3, 0.4) is 0 Å². The maximum Gasteiger partial charge on any atom is 0.237 e. The Morgan fingerprint density at radius 2 is 2.54 bits per heavy atom. The highest BCUT2D eigenvalue weighted by atomic mass is 16.6. The molecule has 2 rings (SSSR count). The first kappa shape index (κ1) is 8.11. The van der Waals surface area contributed by atoms with Crippen LogP contribution in [-0.2, 0) is 6.54 Å². The van der Waals surface area contributed by atoms with Crippen molar-refractivity contribution in [1.82, 2.24) is 10.1 Å². The van der Waals surface area contributed by atoms with Crippen LogP contribution in [0.25, 0.3) is 0 Å². The number of rotatable bonds is 3. The summed E-state index contributed by atoms with van der Waals surface area (Å²) in [6.45, 7) is 0.194. The zero-order chi connectivity index (χ0) is 9.42. The van der Waals surface area contributed by atoms with E-state index in [0.29, 0.717) is 18.1 Å². The van der Waals surface area contributed by atoms with Crippen LogP contribution >= 0.6 is 0 Å². The van der Waals surface area contributed by atoms with Crippen molar-refractivity contribution in [2.75, 3.05) is 0 Å². The first-order valence-electron chi connectivity index (χ1n) is 3.88. The molecule has 1 heterocycles. The van der Waals surface area contributed by atoms with Gasteiger partial charge in [-0.25, -0.2) is 0 Å². The van der Waals surface area contributed by atoms with Gasteiger partial charge in [0.25, 0.3) is 0 Å². The largest absolute Gasteiger partial charge is 0.339 e. The maximum absolute atomic E-state index is 10.3. The highest BCUT2D eigenvalue weighted by Gasteiger charge is 2.53. The molecule has 0 saturated heterocycles. The van der Waals surface area contributed by atoms with Crippen LogP contribution < -0.4 is 5.73 Å². The van der Waals surface area contributed by atoms with Crippen molar-refractivity contribution in [3.8, 4) is 0 Å². The predicted molar refractivity (Wildman–Crippen MR) is 40.3 cm³/mol. The summed E-state index contributed by atoms with van der Waals surface area (Å²) in [6, 6.07) is -0.550. The lowest BCUT2D eigenvalue weighted by Gasteiger charge is -1.85. The third-order valence-corrected chi connectivity index (χ3v) is 2.01. The van der Waals surface area contributed by atoms with E-state index in [4.69, 9.17) is 10.3 Å². The number of aromatic nitrogens is 2. The Labute approximate surface area is 73.1 Å². The van der Waals surface area contributed by atoms with E-state index in [-0.39, 0.29) is 17.4 Å². The standard InChI is InChI=1S/C6H8N4O3/c7-2-5-8-6(13-9-5)3-1-4(3)10(11)12/h3-4H,1-2,7H2/t3-,4-/m0/s1. The van der Waals surface area contributed by atoms with Gasteiger partial charge in [0.2, 0.25) is 11.9 Å². The Bertz CT molecular complexity index is 336. The van der Waals surface area contributed by atoms with Gasteiger partial charge in [-0.15, -0.1) is 0 Å². The quantitative estimate of drug-likeness (QED) is 0.508. The Morgan fingerprint density at radius 1 is 1.77 bits per heavy atom. The number of nitrogens with two attached hydrogens (primary N) is 1. The molecule has 1 aliphatic rings. The van der Waals surface area contributed by atoms with E-state index in [1.165, 1.54) is 0 Å². The maximum atomic E-state index is 10.3. The molecule has 1 aliphatic carbocycles. The molecule has 7 nitrogen and oxygen atoms in total. The first-order valence-corrected chi connectivity index (χ1v) is 3.88. The second-order valence-electron chi connectivity index (χ2n) is 2.95. The summed E-state index contributed by atoms with van der Waals surface area (Å²) in [6.07, 6.45) is 0.485. The number of hydrogen-bond donors (Lipinski definition) is 1. The molecule has 13 heavy (non-hydrogen) atoms. The van der Waals surface area contributed by atoms with Gasteiger partial charge >= 0.3 is 0 Å². The summed E-state index contributed by atoms with van der Waals surface area (Å²) < 4.78 is 4.81. The van der Waals surface area contributed by atoms with E-state index in [1.807, 2.05) is 0 Å². The number of nitrogens with zero attached hydrogens (tertiary/aromatic N) is 3. The Hall–Kier alpha value is -1.50. The van der Waals surface area contributed by atoms with E-state index in [2.05, 4.69) is 10.1 Å². The molecule has 1 aromatic rings. The summed E-state index contributed by atoms with van der Waals surface area (Å²) in [5.74, 6) is 0.522. The van der Waals surface area contributed by atoms with Crippen LogP contribution in [0, 0.1) is 10.1 Å². The molecule has 0 amide bonds. The topological polar surface area (TPSA) is 108 Å². The smallest absolute Gasteiger partial charge is 0.237 e. The summed E-state index contributed by atoms with van der Waals surface area (Å²) in [7, 11) is 0. The second-order valence-corrected chi connectivity index (χ2v) is 2.95. The third-order valence-electron chi connectivity index (χ3n) is 2.01. The molecular weight excluding hydrogens is 176 g/mol. The molecule has 0 bridgehead atoms. The lowest BCUT2D eigenvalue weighted by molar-refractivity contribution is -0.496. The highest BCUT2D eigenvalue weighted by molar-refractivity contribution is 5.08. The molecule has 1 fully saturated rings. The monoisotopic (exact) mass is 184 g/mol. The van der Waals surface area contributed by atoms with Gasteiger partial charge < -0.3 is 10.3 Å². The van der Waals surface area contributed by atoms with Crippen LogP contribution in [0.5, 0.6) is 0 Å². The lowest BCUT2D eigenvalue weighted by atomic mass is 10.4. The molecule has 0 radical (unpaired) electrons. The fourth-order valence-corrected chi connectivity index (χ4v) is 1.18. The van der Waals surface area contributed by atoms with Crippen molar-refractivity contribution in [2.45, 2.75) is 24.9 Å². The minimum atomic E-state index is -0.550. The molecule has 1 saturated carbocycles. The van der Waals surface area contributed by atoms with Gasteiger partial charge in [-0.2, -0.15) is 4.98 Å². The molecular formula is C6H8N4O3. The van der Waals surface area contributed by atoms with Gasteiger partial charge in [0.05, 0.1) is 6.54 Å². The second kappa shape index (κ2) is 2.77. The molecule has 0 aromatic carbocycles. The highest BCUT2D eigenvalue weighted by Crippen LogP contribution is 2.41. The predicted octanol–water partition coefficient (Wildman–Crippen LogP) is -0.339. The molecule has 1 aromatic heterocycles. The number of nitro groups is 1. The number of hydrogen-bond acceptors (Lipinski definition) is 6. The molecule has 2 atom stereocenters. The summed E-state index contributed by atoms with van der Waals surface area (Å²) in [5.41, 5.74) is 5.26. The first-order chi connectivity index (χ1) is 6.22. The fourth-order valence-electron chi connectivity index (χ4n) is 1.18. The Balaban J connectivity index is 2.07. The molecule has 0 unspecified atom stereocenters. The Kier molecular flexibility index (Phi) is 1.73. The van der Waals surface area contributed by atoms with E-state index in [1.54, 1.807) is 0 Å². The van der Waals surface area contributed by atoms with Crippen molar-refractivity contribution in [3.05, 3.63) is 21.8 Å². The molecule has 0 spiro atoms. The van der Waals surface area contributed by atoms with Gasteiger partial charge in [-0.3, -0.25) is 10.1 Å².